The Kier molecular flexibility index (Phi) is 4.91. The fourth-order valence-electron chi connectivity index (χ4n) is 5.05. The number of hydrogen-bond acceptors (Lipinski definition) is 3. The van der Waals surface area contributed by atoms with Gasteiger partial charge in [-0.25, -0.2) is 0 Å². The van der Waals surface area contributed by atoms with Gasteiger partial charge in [0, 0.05) is 26.2 Å². The molecule has 1 saturated carbocycles. The van der Waals surface area contributed by atoms with Gasteiger partial charge in [0.2, 0.25) is 17.7 Å². The van der Waals surface area contributed by atoms with Crippen molar-refractivity contribution in [1.29, 1.82) is 0 Å². The molecule has 29 heavy (non-hydrogen) atoms. The topological polar surface area (TPSA) is 83.7 Å². The number of nitrogens with two attached hydrogens (primary N) is 1. The van der Waals surface area contributed by atoms with Crippen molar-refractivity contribution in [2.24, 2.45) is 22.5 Å². The van der Waals surface area contributed by atoms with Gasteiger partial charge in [0.25, 0.3) is 0 Å². The lowest BCUT2D eigenvalue weighted by molar-refractivity contribution is -0.152. The van der Waals surface area contributed by atoms with Gasteiger partial charge in [0.05, 0.1) is 5.41 Å². The number of piperidine rings is 1. The predicted molar refractivity (Wildman–Crippen MR) is 110 cm³/mol. The van der Waals surface area contributed by atoms with E-state index in [-0.39, 0.29) is 11.8 Å². The van der Waals surface area contributed by atoms with Crippen LogP contribution in [0.3, 0.4) is 0 Å². The number of rotatable bonds is 4. The van der Waals surface area contributed by atoms with Crippen molar-refractivity contribution in [3.8, 4) is 0 Å². The molecule has 2 N–H and O–H groups in total. The maximum atomic E-state index is 13.7. The molecule has 0 bridgehead atoms. The van der Waals surface area contributed by atoms with Crippen molar-refractivity contribution in [3.63, 3.8) is 0 Å². The number of carbonyl (C=O) groups excluding carboxylic acids is 3. The molecular formula is C23H31N3O3. The Morgan fingerprint density at radius 1 is 1.07 bits per heavy atom. The second-order valence-electron chi connectivity index (χ2n) is 9.54. The Labute approximate surface area is 172 Å². The van der Waals surface area contributed by atoms with Crippen LogP contribution in [0.15, 0.2) is 24.3 Å². The highest BCUT2D eigenvalue weighted by Gasteiger charge is 2.58. The molecular weight excluding hydrogens is 366 g/mol. The fourth-order valence-corrected chi connectivity index (χ4v) is 5.05. The normalized spacial score (nSPS) is 22.4. The summed E-state index contributed by atoms with van der Waals surface area (Å²) in [6.45, 7) is 6.69. The van der Waals surface area contributed by atoms with Crippen molar-refractivity contribution in [2.45, 2.75) is 52.5 Å². The third kappa shape index (κ3) is 3.43. The first-order chi connectivity index (χ1) is 13.8. The van der Waals surface area contributed by atoms with E-state index in [1.54, 1.807) is 4.90 Å². The minimum atomic E-state index is -0.978. The van der Waals surface area contributed by atoms with Gasteiger partial charge < -0.3 is 15.5 Å². The molecule has 3 amide bonds. The fraction of sp³-hybridized carbons (Fsp3) is 0.609. The van der Waals surface area contributed by atoms with E-state index in [0.29, 0.717) is 51.2 Å². The van der Waals surface area contributed by atoms with Crippen LogP contribution in [0, 0.1) is 16.7 Å². The van der Waals surface area contributed by atoms with Gasteiger partial charge in [-0.3, -0.25) is 14.4 Å². The van der Waals surface area contributed by atoms with Crippen LogP contribution in [0.4, 0.5) is 0 Å². The quantitative estimate of drug-likeness (QED) is 0.790. The lowest BCUT2D eigenvalue weighted by Crippen LogP contribution is -2.53. The SMILES string of the molecule is CC(C)CN1Cc2ccccc2CC2(CCN(C(=O)C3(C(N)=O)CC3)CC2)C1=O. The number of carbonyl (C=O) groups is 3. The Morgan fingerprint density at radius 2 is 1.69 bits per heavy atom. The average molecular weight is 398 g/mol. The van der Waals surface area contributed by atoms with Gasteiger partial charge in [-0.2, -0.15) is 0 Å². The molecule has 1 aromatic carbocycles. The summed E-state index contributed by atoms with van der Waals surface area (Å²) in [5.41, 5.74) is 6.50. The zero-order chi connectivity index (χ0) is 20.8. The molecule has 0 aromatic heterocycles. The maximum Gasteiger partial charge on any atom is 0.238 e. The molecule has 0 radical (unpaired) electrons. The third-order valence-corrected chi connectivity index (χ3v) is 6.97. The minimum Gasteiger partial charge on any atom is -0.369 e. The Bertz CT molecular complexity index is 836. The number of primary amides is 1. The van der Waals surface area contributed by atoms with Gasteiger partial charge >= 0.3 is 0 Å². The highest BCUT2D eigenvalue weighted by Crippen LogP contribution is 2.48. The van der Waals surface area contributed by atoms with Crippen LogP contribution in [0.1, 0.15) is 50.7 Å². The monoisotopic (exact) mass is 397 g/mol. The number of benzene rings is 1. The van der Waals surface area contributed by atoms with Gasteiger partial charge in [0.15, 0.2) is 0 Å². The lowest BCUT2D eigenvalue weighted by atomic mass is 9.72. The number of hydrogen-bond donors (Lipinski definition) is 1. The van der Waals surface area contributed by atoms with Crippen molar-refractivity contribution < 1.29 is 14.4 Å². The molecule has 4 rings (SSSR count). The second kappa shape index (κ2) is 7.15. The number of likely N-dealkylation sites (tertiary alicyclic amines) is 1. The first kappa shape index (κ1) is 19.9. The van der Waals surface area contributed by atoms with Gasteiger partial charge in [-0.05, 0) is 49.1 Å². The largest absolute Gasteiger partial charge is 0.369 e. The Morgan fingerprint density at radius 3 is 2.24 bits per heavy atom. The van der Waals surface area contributed by atoms with E-state index in [1.807, 2.05) is 17.0 Å². The molecule has 1 saturated heterocycles. The van der Waals surface area contributed by atoms with Crippen LogP contribution in [-0.2, 0) is 27.3 Å². The van der Waals surface area contributed by atoms with Crippen molar-refractivity contribution in [1.82, 2.24) is 9.80 Å². The minimum absolute atomic E-state index is 0.139. The van der Waals surface area contributed by atoms with Crippen LogP contribution in [0.25, 0.3) is 0 Å². The molecule has 1 spiro atoms. The third-order valence-electron chi connectivity index (χ3n) is 6.97. The van der Waals surface area contributed by atoms with Crippen LogP contribution in [0.2, 0.25) is 0 Å². The van der Waals surface area contributed by atoms with Crippen molar-refractivity contribution >= 4 is 17.7 Å². The molecule has 2 heterocycles. The lowest BCUT2D eigenvalue weighted by Gasteiger charge is -2.43. The zero-order valence-corrected chi connectivity index (χ0v) is 17.4. The van der Waals surface area contributed by atoms with Crippen LogP contribution in [-0.4, -0.2) is 47.2 Å². The van der Waals surface area contributed by atoms with Crippen LogP contribution >= 0.6 is 0 Å². The predicted octanol–water partition coefficient (Wildman–Crippen LogP) is 2.10. The molecule has 1 aliphatic carbocycles. The van der Waals surface area contributed by atoms with E-state index in [2.05, 4.69) is 26.0 Å². The van der Waals surface area contributed by atoms with E-state index in [9.17, 15) is 14.4 Å². The summed E-state index contributed by atoms with van der Waals surface area (Å²) in [6, 6.07) is 8.33. The summed E-state index contributed by atoms with van der Waals surface area (Å²) >= 11 is 0. The zero-order valence-electron chi connectivity index (χ0n) is 17.4. The Balaban J connectivity index is 1.57. The molecule has 2 fully saturated rings. The van der Waals surface area contributed by atoms with E-state index in [4.69, 9.17) is 5.73 Å². The molecule has 0 atom stereocenters. The van der Waals surface area contributed by atoms with Gasteiger partial charge in [-0.15, -0.1) is 0 Å². The Hall–Kier alpha value is -2.37. The van der Waals surface area contributed by atoms with Gasteiger partial charge in [-0.1, -0.05) is 38.1 Å². The summed E-state index contributed by atoms with van der Waals surface area (Å²) in [6.07, 6.45) is 3.10. The number of amides is 3. The summed E-state index contributed by atoms with van der Waals surface area (Å²) < 4.78 is 0. The molecule has 3 aliphatic rings. The van der Waals surface area contributed by atoms with Crippen molar-refractivity contribution in [2.75, 3.05) is 19.6 Å². The highest BCUT2D eigenvalue weighted by atomic mass is 16.2. The van der Waals surface area contributed by atoms with Gasteiger partial charge in [0.1, 0.15) is 5.41 Å². The first-order valence-electron chi connectivity index (χ1n) is 10.7. The number of nitrogens with zero attached hydrogens (tertiary/aromatic N) is 2. The maximum absolute atomic E-state index is 13.7. The van der Waals surface area contributed by atoms with Crippen LogP contribution in [0.5, 0.6) is 0 Å². The van der Waals surface area contributed by atoms with E-state index >= 15 is 0 Å². The summed E-state index contributed by atoms with van der Waals surface area (Å²) in [5, 5.41) is 0. The van der Waals surface area contributed by atoms with E-state index < -0.39 is 16.7 Å². The smallest absolute Gasteiger partial charge is 0.238 e. The molecule has 6 heteroatoms. The molecule has 156 valence electrons. The molecule has 2 aliphatic heterocycles. The highest BCUT2D eigenvalue weighted by molar-refractivity contribution is 6.07. The van der Waals surface area contributed by atoms with Crippen molar-refractivity contribution in [3.05, 3.63) is 35.4 Å². The molecule has 6 nitrogen and oxygen atoms in total. The molecule has 1 aromatic rings. The standard InChI is InChI=1S/C23H31N3O3/c1-16(2)14-26-15-18-6-4-3-5-17(18)13-22(20(26)28)9-11-25(12-10-22)21(29)23(7-8-23)19(24)27/h3-6,16H,7-15H2,1-2H3,(H2,24,27). The second-order valence-corrected chi connectivity index (χ2v) is 9.54. The summed E-state index contributed by atoms with van der Waals surface area (Å²) in [7, 11) is 0. The average Bonchev–Trinajstić information content (AvgIpc) is 3.50. The first-order valence-corrected chi connectivity index (χ1v) is 10.7. The molecule has 0 unspecified atom stereocenters. The summed E-state index contributed by atoms with van der Waals surface area (Å²) in [5.74, 6) is -0.0375. The van der Waals surface area contributed by atoms with E-state index in [0.717, 1.165) is 13.0 Å². The number of fused-ring (bicyclic) bond motifs is 1. The van der Waals surface area contributed by atoms with Crippen LogP contribution < -0.4 is 5.73 Å². The summed E-state index contributed by atoms with van der Waals surface area (Å²) in [4.78, 5) is 42.1. The van der Waals surface area contributed by atoms with E-state index in [1.165, 1.54) is 11.1 Å².